The van der Waals surface area contributed by atoms with Crippen molar-refractivity contribution in [3.8, 4) is 11.5 Å². The molecule has 32 heavy (non-hydrogen) atoms. The molecule has 1 atom stereocenters. The van der Waals surface area contributed by atoms with E-state index in [4.69, 9.17) is 9.47 Å². The fraction of sp³-hybridized carbons (Fsp3) is 0.462. The number of carbonyl (C=O) groups is 2. The molecule has 0 aliphatic carbocycles. The van der Waals surface area contributed by atoms with Gasteiger partial charge in [-0.25, -0.2) is 0 Å². The molecule has 0 saturated heterocycles. The molecule has 2 aromatic rings. The molecule has 0 aromatic heterocycles. The van der Waals surface area contributed by atoms with Crippen LogP contribution in [0.2, 0.25) is 0 Å². The molecule has 0 aliphatic rings. The molecule has 1 unspecified atom stereocenters. The van der Waals surface area contributed by atoms with Crippen molar-refractivity contribution in [1.29, 1.82) is 0 Å². The first-order valence-electron chi connectivity index (χ1n) is 11.4. The maximum atomic E-state index is 13.2. The van der Waals surface area contributed by atoms with E-state index in [1.807, 2.05) is 55.5 Å². The third kappa shape index (κ3) is 7.59. The highest BCUT2D eigenvalue weighted by molar-refractivity contribution is 5.88. The van der Waals surface area contributed by atoms with E-state index in [0.29, 0.717) is 25.3 Å². The minimum absolute atomic E-state index is 0.125. The van der Waals surface area contributed by atoms with Crippen LogP contribution in [0.5, 0.6) is 11.5 Å². The second-order valence-electron chi connectivity index (χ2n) is 7.72. The monoisotopic (exact) mass is 440 g/mol. The van der Waals surface area contributed by atoms with Gasteiger partial charge in [0.2, 0.25) is 5.91 Å². The Bertz CT molecular complexity index is 834. The van der Waals surface area contributed by atoms with E-state index in [2.05, 4.69) is 19.2 Å². The number of hydrogen-bond donors (Lipinski definition) is 1. The van der Waals surface area contributed by atoms with E-state index in [1.165, 1.54) is 5.56 Å². The molecule has 1 N–H and O–H groups in total. The lowest BCUT2D eigenvalue weighted by Crippen LogP contribution is -2.50. The molecule has 0 fully saturated rings. The van der Waals surface area contributed by atoms with Crippen molar-refractivity contribution in [2.45, 2.75) is 59.0 Å². The van der Waals surface area contributed by atoms with Crippen LogP contribution in [0.25, 0.3) is 0 Å². The van der Waals surface area contributed by atoms with E-state index in [9.17, 15) is 9.59 Å². The Balaban J connectivity index is 2.15. The molecule has 0 radical (unpaired) electrons. The molecule has 6 heteroatoms. The lowest BCUT2D eigenvalue weighted by molar-refractivity contribution is -0.143. The summed E-state index contributed by atoms with van der Waals surface area (Å²) in [6.45, 7) is 6.89. The van der Waals surface area contributed by atoms with E-state index < -0.39 is 6.04 Å². The van der Waals surface area contributed by atoms with Crippen LogP contribution in [0.1, 0.15) is 51.2 Å². The number of aryl methyl sites for hydroxylation is 1. The first kappa shape index (κ1) is 25.2. The number of carbonyl (C=O) groups excluding carboxylic acids is 2. The molecule has 0 bridgehead atoms. The Morgan fingerprint density at radius 3 is 2.12 bits per heavy atom. The lowest BCUT2D eigenvalue weighted by Gasteiger charge is -2.30. The lowest BCUT2D eigenvalue weighted by atomic mass is 10.1. The maximum absolute atomic E-state index is 13.2. The molecule has 2 rings (SSSR count). The van der Waals surface area contributed by atoms with Crippen molar-refractivity contribution in [2.75, 3.05) is 20.3 Å². The number of nitrogens with zero attached hydrogens (tertiary/aromatic N) is 1. The van der Waals surface area contributed by atoms with Crippen LogP contribution in [0, 0.1) is 0 Å². The smallest absolute Gasteiger partial charge is 0.261 e. The Hall–Kier alpha value is -3.02. The predicted molar refractivity (Wildman–Crippen MR) is 127 cm³/mol. The summed E-state index contributed by atoms with van der Waals surface area (Å²) in [6.07, 6.45) is 3.37. The number of methoxy groups -OCH3 is 1. The van der Waals surface area contributed by atoms with Crippen molar-refractivity contribution in [3.63, 3.8) is 0 Å². The molecule has 0 aliphatic heterocycles. The second kappa shape index (κ2) is 13.4. The molecule has 0 heterocycles. The standard InChI is InChI=1S/C26H36N2O4/c1-5-8-17-27-26(30)24(7-3)28(18-21-11-13-22(31-4)14-12-21)25(29)19-32-23-15-9-20(6-2)10-16-23/h9-16,24H,5-8,17-19H2,1-4H3,(H,27,30). The molecule has 0 saturated carbocycles. The van der Waals surface area contributed by atoms with Gasteiger partial charge in [-0.2, -0.15) is 0 Å². The number of rotatable bonds is 13. The number of hydrogen-bond acceptors (Lipinski definition) is 4. The van der Waals surface area contributed by atoms with Gasteiger partial charge in [0.15, 0.2) is 6.61 Å². The molecule has 174 valence electrons. The minimum atomic E-state index is -0.562. The third-order valence-electron chi connectivity index (χ3n) is 5.42. The van der Waals surface area contributed by atoms with Crippen LogP contribution in [0.4, 0.5) is 0 Å². The topological polar surface area (TPSA) is 67.9 Å². The Labute approximate surface area is 191 Å². The SMILES string of the molecule is CCCCNC(=O)C(CC)N(Cc1ccc(OC)cc1)C(=O)COc1ccc(CC)cc1. The summed E-state index contributed by atoms with van der Waals surface area (Å²) in [5.74, 6) is 1.03. The third-order valence-corrected chi connectivity index (χ3v) is 5.42. The number of ether oxygens (including phenoxy) is 2. The van der Waals surface area contributed by atoms with Crippen LogP contribution < -0.4 is 14.8 Å². The highest BCUT2D eigenvalue weighted by Gasteiger charge is 2.28. The van der Waals surface area contributed by atoms with Crippen LogP contribution in [0.3, 0.4) is 0 Å². The van der Waals surface area contributed by atoms with Gasteiger partial charge in [-0.1, -0.05) is 51.5 Å². The average molecular weight is 441 g/mol. The van der Waals surface area contributed by atoms with Gasteiger partial charge < -0.3 is 19.7 Å². The minimum Gasteiger partial charge on any atom is -0.497 e. The van der Waals surface area contributed by atoms with Crippen LogP contribution >= 0.6 is 0 Å². The highest BCUT2D eigenvalue weighted by atomic mass is 16.5. The van der Waals surface area contributed by atoms with Gasteiger partial charge >= 0.3 is 0 Å². The fourth-order valence-electron chi connectivity index (χ4n) is 3.40. The summed E-state index contributed by atoms with van der Waals surface area (Å²) in [6, 6.07) is 14.7. The highest BCUT2D eigenvalue weighted by Crippen LogP contribution is 2.17. The Morgan fingerprint density at radius 2 is 1.56 bits per heavy atom. The van der Waals surface area contributed by atoms with Crippen LogP contribution in [-0.4, -0.2) is 43.0 Å². The van der Waals surface area contributed by atoms with Crippen molar-refractivity contribution < 1.29 is 19.1 Å². The van der Waals surface area contributed by atoms with E-state index >= 15 is 0 Å². The number of benzene rings is 2. The van der Waals surface area contributed by atoms with Gasteiger partial charge in [-0.15, -0.1) is 0 Å². The summed E-state index contributed by atoms with van der Waals surface area (Å²) in [5.41, 5.74) is 2.13. The zero-order chi connectivity index (χ0) is 23.3. The van der Waals surface area contributed by atoms with Gasteiger partial charge in [-0.3, -0.25) is 9.59 Å². The number of amides is 2. The summed E-state index contributed by atoms with van der Waals surface area (Å²) >= 11 is 0. The number of unbranched alkanes of at least 4 members (excludes halogenated alkanes) is 1. The van der Waals surface area contributed by atoms with Crippen molar-refractivity contribution in [2.24, 2.45) is 0 Å². The van der Waals surface area contributed by atoms with E-state index in [-0.39, 0.29) is 18.4 Å². The van der Waals surface area contributed by atoms with Crippen LogP contribution in [-0.2, 0) is 22.6 Å². The predicted octanol–water partition coefficient (Wildman–Crippen LogP) is 4.36. The first-order valence-corrected chi connectivity index (χ1v) is 11.4. The second-order valence-corrected chi connectivity index (χ2v) is 7.72. The molecular weight excluding hydrogens is 404 g/mol. The maximum Gasteiger partial charge on any atom is 0.261 e. The molecule has 6 nitrogen and oxygen atoms in total. The number of nitrogens with one attached hydrogen (secondary N) is 1. The molecular formula is C26H36N2O4. The van der Waals surface area contributed by atoms with E-state index in [0.717, 1.165) is 30.6 Å². The van der Waals surface area contributed by atoms with Gasteiger partial charge in [0, 0.05) is 13.1 Å². The summed E-state index contributed by atoms with van der Waals surface area (Å²) in [7, 11) is 1.61. The molecule has 2 amide bonds. The van der Waals surface area contributed by atoms with Gasteiger partial charge in [0.25, 0.3) is 5.91 Å². The molecule has 2 aromatic carbocycles. The van der Waals surface area contributed by atoms with Gasteiger partial charge in [0.05, 0.1) is 7.11 Å². The fourth-order valence-corrected chi connectivity index (χ4v) is 3.40. The quantitative estimate of drug-likeness (QED) is 0.470. The Kier molecular flexibility index (Phi) is 10.6. The summed E-state index contributed by atoms with van der Waals surface area (Å²) in [4.78, 5) is 27.7. The van der Waals surface area contributed by atoms with E-state index in [1.54, 1.807) is 12.0 Å². The normalized spacial score (nSPS) is 11.5. The average Bonchev–Trinajstić information content (AvgIpc) is 2.83. The van der Waals surface area contributed by atoms with Gasteiger partial charge in [-0.05, 0) is 54.7 Å². The van der Waals surface area contributed by atoms with Crippen LogP contribution in [0.15, 0.2) is 48.5 Å². The van der Waals surface area contributed by atoms with Crippen molar-refractivity contribution >= 4 is 11.8 Å². The van der Waals surface area contributed by atoms with Gasteiger partial charge in [0.1, 0.15) is 17.5 Å². The largest absolute Gasteiger partial charge is 0.497 e. The summed E-state index contributed by atoms with van der Waals surface area (Å²) < 4.78 is 11.0. The first-order chi connectivity index (χ1) is 15.5. The van der Waals surface area contributed by atoms with Crippen molar-refractivity contribution in [1.82, 2.24) is 10.2 Å². The molecule has 0 spiro atoms. The zero-order valence-corrected chi connectivity index (χ0v) is 19.7. The zero-order valence-electron chi connectivity index (χ0n) is 19.7. The summed E-state index contributed by atoms with van der Waals surface area (Å²) in [5, 5.41) is 2.97. The Morgan fingerprint density at radius 1 is 0.938 bits per heavy atom. The van der Waals surface area contributed by atoms with Crippen molar-refractivity contribution in [3.05, 3.63) is 59.7 Å².